The molecule has 2 saturated carbocycles. The quantitative estimate of drug-likeness (QED) is 0.736. The Bertz CT molecular complexity index is 458. The summed E-state index contributed by atoms with van der Waals surface area (Å²) in [5.41, 5.74) is 2.03. The first-order valence-corrected chi connectivity index (χ1v) is 8.96. The number of rotatable bonds is 6. The zero-order valence-corrected chi connectivity index (χ0v) is 14.1. The largest absolute Gasteiger partial charge is 0.316 e. The molecule has 2 bridgehead atoms. The normalized spacial score (nSPS) is 31.9. The first-order valence-electron chi connectivity index (χ1n) is 8.17. The van der Waals surface area contributed by atoms with Crippen molar-refractivity contribution < 1.29 is 0 Å². The van der Waals surface area contributed by atoms with Crippen molar-refractivity contribution in [3.63, 3.8) is 0 Å². The van der Waals surface area contributed by atoms with Gasteiger partial charge in [0.1, 0.15) is 0 Å². The molecule has 3 rings (SSSR count). The Hall–Kier alpha value is -0.340. The van der Waals surface area contributed by atoms with Gasteiger partial charge in [0.05, 0.1) is 0 Å². The third-order valence-electron chi connectivity index (χ3n) is 5.45. The molecule has 0 heterocycles. The minimum atomic E-state index is 0.527. The molecule has 0 spiro atoms. The van der Waals surface area contributed by atoms with E-state index in [4.69, 9.17) is 0 Å². The minimum absolute atomic E-state index is 0.527. The first kappa shape index (κ1) is 14.6. The van der Waals surface area contributed by atoms with Gasteiger partial charge in [0.15, 0.2) is 0 Å². The van der Waals surface area contributed by atoms with Crippen LogP contribution in [0.4, 0.5) is 0 Å². The maximum absolute atomic E-state index is 3.73. The highest BCUT2D eigenvalue weighted by molar-refractivity contribution is 9.10. The van der Waals surface area contributed by atoms with Crippen molar-refractivity contribution in [1.29, 1.82) is 0 Å². The van der Waals surface area contributed by atoms with Gasteiger partial charge in [-0.2, -0.15) is 0 Å². The van der Waals surface area contributed by atoms with E-state index in [1.54, 1.807) is 0 Å². The molecule has 0 radical (unpaired) electrons. The Kier molecular flexibility index (Phi) is 4.52. The second-order valence-electron chi connectivity index (χ2n) is 6.93. The maximum Gasteiger partial charge on any atom is 0.0177 e. The number of nitrogens with one attached hydrogen (secondary N) is 1. The van der Waals surface area contributed by atoms with Crippen molar-refractivity contribution in [3.05, 3.63) is 34.3 Å². The van der Waals surface area contributed by atoms with Crippen LogP contribution >= 0.6 is 15.9 Å². The molecule has 0 saturated heterocycles. The van der Waals surface area contributed by atoms with Crippen LogP contribution in [0.5, 0.6) is 0 Å². The van der Waals surface area contributed by atoms with Gasteiger partial charge in [0, 0.05) is 11.0 Å². The molecule has 0 aromatic heterocycles. The number of fused-ring (bicyclic) bond motifs is 2. The number of benzene rings is 1. The fourth-order valence-corrected chi connectivity index (χ4v) is 5.07. The predicted molar refractivity (Wildman–Crippen MR) is 88.9 cm³/mol. The molecule has 1 N–H and O–H groups in total. The molecule has 110 valence electrons. The van der Waals surface area contributed by atoms with Crippen LogP contribution in [0.25, 0.3) is 0 Å². The Morgan fingerprint density at radius 3 is 2.90 bits per heavy atom. The molecule has 1 aromatic rings. The van der Waals surface area contributed by atoms with Crippen LogP contribution < -0.4 is 5.32 Å². The highest BCUT2D eigenvalue weighted by atomic mass is 79.9. The van der Waals surface area contributed by atoms with Crippen LogP contribution in [0.1, 0.15) is 44.6 Å². The molecule has 20 heavy (non-hydrogen) atoms. The lowest BCUT2D eigenvalue weighted by Crippen LogP contribution is -2.40. The van der Waals surface area contributed by atoms with Crippen molar-refractivity contribution in [2.45, 2.75) is 45.4 Å². The van der Waals surface area contributed by atoms with Crippen LogP contribution in [0.2, 0.25) is 0 Å². The van der Waals surface area contributed by atoms with Crippen LogP contribution in [-0.2, 0) is 6.42 Å². The van der Waals surface area contributed by atoms with E-state index in [1.807, 2.05) is 0 Å². The molecule has 3 atom stereocenters. The smallest absolute Gasteiger partial charge is 0.0177 e. The summed E-state index contributed by atoms with van der Waals surface area (Å²) in [6.45, 7) is 4.64. The molecule has 2 aliphatic carbocycles. The lowest BCUT2D eigenvalue weighted by Gasteiger charge is -2.38. The van der Waals surface area contributed by atoms with Crippen LogP contribution in [-0.4, -0.2) is 13.1 Å². The molecule has 2 fully saturated rings. The Morgan fingerprint density at radius 1 is 1.35 bits per heavy atom. The summed E-state index contributed by atoms with van der Waals surface area (Å²) < 4.78 is 1.22. The van der Waals surface area contributed by atoms with Crippen LogP contribution in [0.3, 0.4) is 0 Å². The Labute approximate surface area is 131 Å². The van der Waals surface area contributed by atoms with E-state index in [9.17, 15) is 0 Å². The molecule has 2 heteroatoms. The fraction of sp³-hybridized carbons (Fsp3) is 0.667. The van der Waals surface area contributed by atoms with Gasteiger partial charge < -0.3 is 5.32 Å². The summed E-state index contributed by atoms with van der Waals surface area (Å²) in [7, 11) is 0. The van der Waals surface area contributed by atoms with E-state index in [2.05, 4.69) is 52.4 Å². The molecule has 1 aromatic carbocycles. The van der Waals surface area contributed by atoms with Gasteiger partial charge in [-0.15, -0.1) is 0 Å². The van der Waals surface area contributed by atoms with Crippen molar-refractivity contribution in [2.24, 2.45) is 17.3 Å². The van der Waals surface area contributed by atoms with Crippen molar-refractivity contribution >= 4 is 15.9 Å². The van der Waals surface area contributed by atoms with Gasteiger partial charge in [-0.25, -0.2) is 0 Å². The minimum Gasteiger partial charge on any atom is -0.316 e. The third-order valence-corrected chi connectivity index (χ3v) is 5.94. The zero-order chi connectivity index (χ0) is 14.0. The highest BCUT2D eigenvalue weighted by Gasteiger charge is 2.50. The van der Waals surface area contributed by atoms with E-state index in [0.29, 0.717) is 5.41 Å². The van der Waals surface area contributed by atoms with E-state index in [1.165, 1.54) is 55.1 Å². The molecule has 1 nitrogen and oxygen atoms in total. The topological polar surface area (TPSA) is 12.0 Å². The lowest BCUT2D eigenvalue weighted by atomic mass is 9.69. The lowest BCUT2D eigenvalue weighted by molar-refractivity contribution is 0.156. The average Bonchev–Trinajstić information content (AvgIpc) is 3.00. The second kappa shape index (κ2) is 6.19. The fourth-order valence-electron chi connectivity index (χ4n) is 4.62. The maximum atomic E-state index is 3.73. The standard InChI is InChI=1S/C18H26BrN/c1-2-8-20-13-18(12-15-6-7-16(18)9-15)11-14-4-3-5-17(19)10-14/h3-5,10,15-16,20H,2,6-9,11-13H2,1H3. The molecule has 2 aliphatic rings. The van der Waals surface area contributed by atoms with Gasteiger partial charge >= 0.3 is 0 Å². The van der Waals surface area contributed by atoms with Crippen LogP contribution in [0.15, 0.2) is 28.7 Å². The summed E-state index contributed by atoms with van der Waals surface area (Å²) in [6.07, 6.45) is 8.37. The SMILES string of the molecule is CCCNCC1(Cc2cccc(Br)c2)CC2CCC1C2. The molecule has 0 aliphatic heterocycles. The summed E-state index contributed by atoms with van der Waals surface area (Å²) in [4.78, 5) is 0. The summed E-state index contributed by atoms with van der Waals surface area (Å²) >= 11 is 3.62. The van der Waals surface area contributed by atoms with Gasteiger partial charge in [0.25, 0.3) is 0 Å². The Balaban J connectivity index is 1.76. The summed E-state index contributed by atoms with van der Waals surface area (Å²) in [6, 6.07) is 8.93. The molecular weight excluding hydrogens is 310 g/mol. The van der Waals surface area contributed by atoms with E-state index in [-0.39, 0.29) is 0 Å². The second-order valence-corrected chi connectivity index (χ2v) is 7.84. The Morgan fingerprint density at radius 2 is 2.25 bits per heavy atom. The third kappa shape index (κ3) is 2.96. The number of hydrogen-bond donors (Lipinski definition) is 1. The van der Waals surface area contributed by atoms with Crippen molar-refractivity contribution in [2.75, 3.05) is 13.1 Å². The molecule has 0 amide bonds. The highest BCUT2D eigenvalue weighted by Crippen LogP contribution is 2.57. The monoisotopic (exact) mass is 335 g/mol. The van der Waals surface area contributed by atoms with Gasteiger partial charge in [-0.05, 0) is 73.6 Å². The van der Waals surface area contributed by atoms with Crippen molar-refractivity contribution in [3.8, 4) is 0 Å². The van der Waals surface area contributed by atoms with Crippen molar-refractivity contribution in [1.82, 2.24) is 5.32 Å². The average molecular weight is 336 g/mol. The predicted octanol–water partition coefficient (Wildman–Crippen LogP) is 4.80. The van der Waals surface area contributed by atoms with Gasteiger partial charge in [-0.3, -0.25) is 0 Å². The number of hydrogen-bond acceptors (Lipinski definition) is 1. The van der Waals surface area contributed by atoms with E-state index < -0.39 is 0 Å². The van der Waals surface area contributed by atoms with Crippen LogP contribution in [0, 0.1) is 17.3 Å². The molecular formula is C18H26BrN. The zero-order valence-electron chi connectivity index (χ0n) is 12.5. The summed E-state index contributed by atoms with van der Waals surface area (Å²) in [5.74, 6) is 1.96. The van der Waals surface area contributed by atoms with Gasteiger partial charge in [-0.1, -0.05) is 41.4 Å². The van der Waals surface area contributed by atoms with Gasteiger partial charge in [0.2, 0.25) is 0 Å². The molecule has 3 unspecified atom stereocenters. The van der Waals surface area contributed by atoms with E-state index >= 15 is 0 Å². The van der Waals surface area contributed by atoms with E-state index in [0.717, 1.165) is 18.4 Å². The number of halogens is 1. The first-order chi connectivity index (χ1) is 9.72. The summed E-state index contributed by atoms with van der Waals surface area (Å²) in [5, 5.41) is 3.73.